The Kier molecular flexibility index (Phi) is 3.97. The van der Waals surface area contributed by atoms with Crippen LogP contribution in [0, 0.1) is 0 Å². The molecule has 0 bridgehead atoms. The standard InChI is InChI=1S/C13H14F3NO2/c14-13(15,16)9-19-11-5-3-10(4-6-11)8-17-7-1-2-12(17)18/h3-6H,1-2,7-9H2. The maximum atomic E-state index is 12.0. The van der Waals surface area contributed by atoms with E-state index in [1.807, 2.05) is 0 Å². The van der Waals surface area contributed by atoms with E-state index in [0.29, 0.717) is 13.0 Å². The number of benzene rings is 1. The second-order valence-electron chi connectivity index (χ2n) is 4.47. The second-order valence-corrected chi connectivity index (χ2v) is 4.47. The zero-order valence-electron chi connectivity index (χ0n) is 10.2. The molecule has 1 aromatic rings. The smallest absolute Gasteiger partial charge is 0.422 e. The third-order valence-electron chi connectivity index (χ3n) is 2.87. The topological polar surface area (TPSA) is 29.5 Å². The molecule has 1 aliphatic rings. The first kappa shape index (κ1) is 13.7. The first-order valence-corrected chi connectivity index (χ1v) is 6.00. The molecule has 0 N–H and O–H groups in total. The summed E-state index contributed by atoms with van der Waals surface area (Å²) in [5.74, 6) is 0.297. The van der Waals surface area contributed by atoms with E-state index in [1.165, 1.54) is 12.1 Å². The molecule has 0 radical (unpaired) electrons. The van der Waals surface area contributed by atoms with E-state index in [0.717, 1.165) is 18.5 Å². The molecule has 0 spiro atoms. The molecule has 2 rings (SSSR count). The molecule has 3 nitrogen and oxygen atoms in total. The number of carbonyl (C=O) groups is 1. The lowest BCUT2D eigenvalue weighted by Gasteiger charge is -2.15. The summed E-state index contributed by atoms with van der Waals surface area (Å²) in [4.78, 5) is 13.2. The van der Waals surface area contributed by atoms with Gasteiger partial charge in [-0.25, -0.2) is 0 Å². The van der Waals surface area contributed by atoms with Crippen molar-refractivity contribution in [2.24, 2.45) is 0 Å². The van der Waals surface area contributed by atoms with Crippen LogP contribution in [0.3, 0.4) is 0 Å². The molecular formula is C13H14F3NO2. The van der Waals surface area contributed by atoms with Crippen LogP contribution in [0.25, 0.3) is 0 Å². The Hall–Kier alpha value is -1.72. The van der Waals surface area contributed by atoms with Crippen molar-refractivity contribution in [3.63, 3.8) is 0 Å². The average Bonchev–Trinajstić information content (AvgIpc) is 2.73. The number of rotatable bonds is 4. The summed E-state index contributed by atoms with van der Waals surface area (Å²) in [5, 5.41) is 0. The number of halogens is 3. The van der Waals surface area contributed by atoms with Crippen LogP contribution in [-0.4, -0.2) is 30.1 Å². The Morgan fingerprint density at radius 2 is 1.89 bits per heavy atom. The van der Waals surface area contributed by atoms with Gasteiger partial charge in [-0.2, -0.15) is 13.2 Å². The molecule has 6 heteroatoms. The van der Waals surface area contributed by atoms with Crippen LogP contribution in [-0.2, 0) is 11.3 Å². The predicted molar refractivity (Wildman–Crippen MR) is 62.6 cm³/mol. The number of alkyl halides is 3. The van der Waals surface area contributed by atoms with Crippen LogP contribution >= 0.6 is 0 Å². The van der Waals surface area contributed by atoms with Gasteiger partial charge in [-0.1, -0.05) is 12.1 Å². The molecule has 0 saturated carbocycles. The number of likely N-dealkylation sites (tertiary alicyclic amines) is 1. The normalized spacial score (nSPS) is 15.9. The Labute approximate surface area is 109 Å². The van der Waals surface area contributed by atoms with Gasteiger partial charge in [0, 0.05) is 19.5 Å². The number of hydrogen-bond acceptors (Lipinski definition) is 2. The summed E-state index contributed by atoms with van der Waals surface area (Å²) >= 11 is 0. The zero-order chi connectivity index (χ0) is 13.9. The van der Waals surface area contributed by atoms with E-state index in [-0.39, 0.29) is 11.7 Å². The molecule has 1 saturated heterocycles. The van der Waals surface area contributed by atoms with Gasteiger partial charge >= 0.3 is 6.18 Å². The fraction of sp³-hybridized carbons (Fsp3) is 0.462. The van der Waals surface area contributed by atoms with Crippen molar-refractivity contribution >= 4 is 5.91 Å². The number of carbonyl (C=O) groups excluding carboxylic acids is 1. The van der Waals surface area contributed by atoms with Crippen molar-refractivity contribution in [3.8, 4) is 5.75 Å². The molecule has 1 aliphatic heterocycles. The SMILES string of the molecule is O=C1CCCN1Cc1ccc(OCC(F)(F)F)cc1. The monoisotopic (exact) mass is 273 g/mol. The molecular weight excluding hydrogens is 259 g/mol. The van der Waals surface area contributed by atoms with Crippen LogP contribution in [0.15, 0.2) is 24.3 Å². The van der Waals surface area contributed by atoms with Crippen molar-refractivity contribution in [1.29, 1.82) is 0 Å². The number of amides is 1. The summed E-state index contributed by atoms with van der Waals surface area (Å²) in [6.07, 6.45) is -2.89. The fourth-order valence-corrected chi connectivity index (χ4v) is 1.95. The molecule has 1 aromatic carbocycles. The maximum Gasteiger partial charge on any atom is 0.422 e. The lowest BCUT2D eigenvalue weighted by atomic mass is 10.2. The first-order valence-electron chi connectivity index (χ1n) is 6.00. The van der Waals surface area contributed by atoms with Crippen molar-refractivity contribution in [2.75, 3.05) is 13.2 Å². The minimum atomic E-state index is -4.33. The number of hydrogen-bond donors (Lipinski definition) is 0. The van der Waals surface area contributed by atoms with E-state index < -0.39 is 12.8 Å². The quantitative estimate of drug-likeness (QED) is 0.844. The average molecular weight is 273 g/mol. The lowest BCUT2D eigenvalue weighted by Crippen LogP contribution is -2.23. The van der Waals surface area contributed by atoms with Crippen molar-refractivity contribution in [2.45, 2.75) is 25.6 Å². The fourth-order valence-electron chi connectivity index (χ4n) is 1.95. The molecule has 0 aromatic heterocycles. The third kappa shape index (κ3) is 4.15. The van der Waals surface area contributed by atoms with E-state index >= 15 is 0 Å². The molecule has 0 atom stereocenters. The first-order chi connectivity index (χ1) is 8.94. The number of ether oxygens (including phenoxy) is 1. The van der Waals surface area contributed by atoms with Gasteiger partial charge in [0.25, 0.3) is 0 Å². The molecule has 19 heavy (non-hydrogen) atoms. The highest BCUT2D eigenvalue weighted by Gasteiger charge is 2.28. The minimum Gasteiger partial charge on any atom is -0.484 e. The molecule has 1 heterocycles. The van der Waals surface area contributed by atoms with Crippen LogP contribution in [0.1, 0.15) is 18.4 Å². The van der Waals surface area contributed by atoms with E-state index in [4.69, 9.17) is 0 Å². The largest absolute Gasteiger partial charge is 0.484 e. The Morgan fingerprint density at radius 1 is 1.21 bits per heavy atom. The lowest BCUT2D eigenvalue weighted by molar-refractivity contribution is -0.153. The minimum absolute atomic E-state index is 0.123. The Balaban J connectivity index is 1.89. The summed E-state index contributed by atoms with van der Waals surface area (Å²) in [6.45, 7) is -0.0551. The van der Waals surface area contributed by atoms with E-state index in [1.54, 1.807) is 17.0 Å². The van der Waals surface area contributed by atoms with Gasteiger partial charge in [-0.3, -0.25) is 4.79 Å². The van der Waals surface area contributed by atoms with E-state index in [2.05, 4.69) is 4.74 Å². The maximum absolute atomic E-state index is 12.0. The van der Waals surface area contributed by atoms with Crippen molar-refractivity contribution < 1.29 is 22.7 Å². The highest BCUT2D eigenvalue weighted by molar-refractivity contribution is 5.78. The van der Waals surface area contributed by atoms with Crippen LogP contribution < -0.4 is 4.74 Å². The van der Waals surface area contributed by atoms with Crippen LogP contribution in [0.5, 0.6) is 5.75 Å². The van der Waals surface area contributed by atoms with Gasteiger partial charge in [0.1, 0.15) is 5.75 Å². The van der Waals surface area contributed by atoms with Gasteiger partial charge in [0.05, 0.1) is 0 Å². The highest BCUT2D eigenvalue weighted by atomic mass is 19.4. The van der Waals surface area contributed by atoms with Gasteiger partial charge in [0.2, 0.25) is 5.91 Å². The molecule has 0 unspecified atom stereocenters. The van der Waals surface area contributed by atoms with E-state index in [9.17, 15) is 18.0 Å². The predicted octanol–water partition coefficient (Wildman–Crippen LogP) is 2.75. The van der Waals surface area contributed by atoms with Crippen molar-refractivity contribution in [1.82, 2.24) is 4.90 Å². The van der Waals surface area contributed by atoms with Gasteiger partial charge in [-0.05, 0) is 24.1 Å². The van der Waals surface area contributed by atoms with Gasteiger partial charge < -0.3 is 9.64 Å². The van der Waals surface area contributed by atoms with Crippen molar-refractivity contribution in [3.05, 3.63) is 29.8 Å². The highest BCUT2D eigenvalue weighted by Crippen LogP contribution is 2.20. The summed E-state index contributed by atoms with van der Waals surface area (Å²) < 4.78 is 40.5. The summed E-state index contributed by atoms with van der Waals surface area (Å²) in [7, 11) is 0. The van der Waals surface area contributed by atoms with Crippen LogP contribution in [0.2, 0.25) is 0 Å². The third-order valence-corrected chi connectivity index (χ3v) is 2.87. The summed E-state index contributed by atoms with van der Waals surface area (Å²) in [6, 6.07) is 6.33. The zero-order valence-corrected chi connectivity index (χ0v) is 10.2. The summed E-state index contributed by atoms with van der Waals surface area (Å²) in [5.41, 5.74) is 0.884. The van der Waals surface area contributed by atoms with Crippen LogP contribution in [0.4, 0.5) is 13.2 Å². The number of nitrogens with zero attached hydrogens (tertiary/aromatic N) is 1. The van der Waals surface area contributed by atoms with Gasteiger partial charge in [-0.15, -0.1) is 0 Å². The molecule has 104 valence electrons. The Bertz CT molecular complexity index is 442. The molecule has 1 amide bonds. The van der Waals surface area contributed by atoms with Gasteiger partial charge in [0.15, 0.2) is 6.61 Å². The second kappa shape index (κ2) is 5.50. The Morgan fingerprint density at radius 3 is 2.42 bits per heavy atom. The molecule has 0 aliphatic carbocycles. The molecule has 1 fully saturated rings.